The summed E-state index contributed by atoms with van der Waals surface area (Å²) in [4.78, 5) is 36.4. The predicted molar refractivity (Wildman–Crippen MR) is 87.6 cm³/mol. The van der Waals surface area contributed by atoms with Crippen LogP contribution in [0.4, 0.5) is 4.79 Å². The summed E-state index contributed by atoms with van der Waals surface area (Å²) >= 11 is 0. The van der Waals surface area contributed by atoms with Gasteiger partial charge < -0.3 is 14.5 Å². The van der Waals surface area contributed by atoms with Crippen LogP contribution in [0.1, 0.15) is 48.7 Å². The Labute approximate surface area is 142 Å². The van der Waals surface area contributed by atoms with E-state index in [1.54, 1.807) is 18.1 Å². The lowest BCUT2D eigenvalue weighted by atomic mass is 9.95. The van der Waals surface area contributed by atoms with E-state index in [0.717, 1.165) is 31.4 Å². The second kappa shape index (κ2) is 6.75. The first-order valence-electron chi connectivity index (χ1n) is 8.57. The molecule has 0 bridgehead atoms. The number of amides is 2. The molecule has 1 atom stereocenters. The van der Waals surface area contributed by atoms with Gasteiger partial charge in [-0.1, -0.05) is 13.3 Å². The molecule has 7 nitrogen and oxygen atoms in total. The number of ether oxygens (including phenoxy) is 1. The molecule has 1 spiro atoms. The maximum Gasteiger partial charge on any atom is 0.410 e. The highest BCUT2D eigenvalue weighted by Gasteiger charge is 2.44. The molecule has 2 saturated heterocycles. The van der Waals surface area contributed by atoms with Gasteiger partial charge in [0, 0.05) is 32.8 Å². The first-order valence-corrected chi connectivity index (χ1v) is 8.57. The summed E-state index contributed by atoms with van der Waals surface area (Å²) in [6.07, 6.45) is 6.83. The Balaban J connectivity index is 1.73. The second-order valence-electron chi connectivity index (χ2n) is 6.69. The van der Waals surface area contributed by atoms with Crippen molar-refractivity contribution in [3.8, 4) is 0 Å². The summed E-state index contributed by atoms with van der Waals surface area (Å²) in [6, 6.07) is 0. The molecule has 7 heteroatoms. The number of likely N-dealkylation sites (N-methyl/N-ethyl adjacent to an activating group) is 1. The minimum atomic E-state index is -0.444. The minimum absolute atomic E-state index is 0.0196. The molecular weight excluding hydrogens is 308 g/mol. The number of carbonyl (C=O) groups is 2. The fraction of sp³-hybridized carbons (Fsp3) is 0.647. The summed E-state index contributed by atoms with van der Waals surface area (Å²) in [5, 5.41) is 0. The molecule has 2 amide bonds. The Hall–Kier alpha value is -2.18. The molecule has 2 aliphatic rings. The maximum atomic E-state index is 12.9. The van der Waals surface area contributed by atoms with Crippen LogP contribution in [0.5, 0.6) is 0 Å². The van der Waals surface area contributed by atoms with Crippen molar-refractivity contribution in [2.45, 2.75) is 44.6 Å². The number of nitrogens with zero attached hydrogens (tertiary/aromatic N) is 4. The molecule has 0 unspecified atom stereocenters. The molecule has 0 aliphatic carbocycles. The van der Waals surface area contributed by atoms with Gasteiger partial charge in [0.05, 0.1) is 17.8 Å². The Bertz CT molecular complexity index is 636. The highest BCUT2D eigenvalue weighted by atomic mass is 16.6. The Kier molecular flexibility index (Phi) is 4.69. The monoisotopic (exact) mass is 332 g/mol. The first-order chi connectivity index (χ1) is 11.5. The molecule has 1 aromatic rings. The third-order valence-corrected chi connectivity index (χ3v) is 4.84. The molecule has 0 saturated carbocycles. The molecule has 3 rings (SSSR count). The molecule has 0 aromatic carbocycles. The van der Waals surface area contributed by atoms with Crippen LogP contribution in [-0.2, 0) is 11.2 Å². The minimum Gasteiger partial charge on any atom is -0.441 e. The molecule has 0 radical (unpaired) electrons. The van der Waals surface area contributed by atoms with Crippen LogP contribution in [0.3, 0.4) is 0 Å². The summed E-state index contributed by atoms with van der Waals surface area (Å²) < 4.78 is 5.60. The fourth-order valence-electron chi connectivity index (χ4n) is 3.56. The van der Waals surface area contributed by atoms with Gasteiger partial charge >= 0.3 is 6.09 Å². The van der Waals surface area contributed by atoms with Gasteiger partial charge in [0.25, 0.3) is 5.91 Å². The zero-order valence-corrected chi connectivity index (χ0v) is 14.3. The molecule has 24 heavy (non-hydrogen) atoms. The molecule has 130 valence electrons. The highest BCUT2D eigenvalue weighted by molar-refractivity contribution is 5.95. The van der Waals surface area contributed by atoms with Crippen molar-refractivity contribution in [3.63, 3.8) is 0 Å². The molecule has 3 heterocycles. The molecule has 1 aromatic heterocycles. The molecule has 2 fully saturated rings. The zero-order valence-electron chi connectivity index (χ0n) is 14.3. The number of likely N-dealkylation sites (tertiary alicyclic amines) is 1. The van der Waals surface area contributed by atoms with Crippen molar-refractivity contribution in [3.05, 3.63) is 23.8 Å². The van der Waals surface area contributed by atoms with E-state index in [1.807, 2.05) is 4.90 Å². The molecular formula is C17H24N4O3. The number of hydrogen-bond donors (Lipinski definition) is 0. The van der Waals surface area contributed by atoms with E-state index < -0.39 is 5.60 Å². The third-order valence-electron chi connectivity index (χ3n) is 4.84. The smallest absolute Gasteiger partial charge is 0.410 e. The van der Waals surface area contributed by atoms with Crippen LogP contribution in [0.2, 0.25) is 0 Å². The van der Waals surface area contributed by atoms with Crippen LogP contribution in [-0.4, -0.2) is 64.1 Å². The lowest BCUT2D eigenvalue weighted by Crippen LogP contribution is -2.37. The molecule has 0 N–H and O–H groups in total. The van der Waals surface area contributed by atoms with Crippen molar-refractivity contribution < 1.29 is 14.3 Å². The number of hydrogen-bond acceptors (Lipinski definition) is 5. The molecule has 2 aliphatic heterocycles. The second-order valence-corrected chi connectivity index (χ2v) is 6.69. The average molecular weight is 332 g/mol. The number of carbonyl (C=O) groups excluding carboxylic acids is 2. The maximum absolute atomic E-state index is 12.9. The summed E-state index contributed by atoms with van der Waals surface area (Å²) in [6.45, 7) is 3.92. The van der Waals surface area contributed by atoms with E-state index in [9.17, 15) is 9.59 Å². The van der Waals surface area contributed by atoms with Crippen molar-refractivity contribution in [2.24, 2.45) is 0 Å². The van der Waals surface area contributed by atoms with E-state index in [-0.39, 0.29) is 12.0 Å². The number of aromatic nitrogens is 2. The predicted octanol–water partition coefficient (Wildman–Crippen LogP) is 1.88. The van der Waals surface area contributed by atoms with Crippen molar-refractivity contribution in [1.82, 2.24) is 19.8 Å². The fourth-order valence-corrected chi connectivity index (χ4v) is 3.56. The Morgan fingerprint density at radius 3 is 2.92 bits per heavy atom. The summed E-state index contributed by atoms with van der Waals surface area (Å²) in [7, 11) is 1.75. The van der Waals surface area contributed by atoms with E-state index in [0.29, 0.717) is 31.6 Å². The van der Waals surface area contributed by atoms with Gasteiger partial charge in [-0.15, -0.1) is 0 Å². The lowest BCUT2D eigenvalue weighted by Gasteiger charge is -2.25. The normalized spacial score (nSPS) is 24.2. The quantitative estimate of drug-likeness (QED) is 0.845. The van der Waals surface area contributed by atoms with Crippen LogP contribution in [0, 0.1) is 0 Å². The van der Waals surface area contributed by atoms with Crippen molar-refractivity contribution in [1.29, 1.82) is 0 Å². The lowest BCUT2D eigenvalue weighted by molar-refractivity contribution is 0.0438. The van der Waals surface area contributed by atoms with E-state index in [4.69, 9.17) is 4.74 Å². The highest BCUT2D eigenvalue weighted by Crippen LogP contribution is 2.32. The van der Waals surface area contributed by atoms with E-state index in [1.165, 1.54) is 6.33 Å². The standard InChI is InChI=1S/C17H24N4O3/c1-3-5-14-13(10-18-12-19-14)15(22)21-8-4-6-17(7-9-21)11-20(2)16(23)24-17/h10,12H,3-9,11H2,1-2H3/t17-/m0/s1. The average Bonchev–Trinajstić information content (AvgIpc) is 2.73. The van der Waals surface area contributed by atoms with Gasteiger partial charge in [0.15, 0.2) is 0 Å². The van der Waals surface area contributed by atoms with Crippen molar-refractivity contribution >= 4 is 12.0 Å². The van der Waals surface area contributed by atoms with Crippen LogP contribution >= 0.6 is 0 Å². The topological polar surface area (TPSA) is 75.6 Å². The van der Waals surface area contributed by atoms with Crippen LogP contribution in [0.15, 0.2) is 12.5 Å². The van der Waals surface area contributed by atoms with Crippen LogP contribution in [0.25, 0.3) is 0 Å². The summed E-state index contributed by atoms with van der Waals surface area (Å²) in [5.41, 5.74) is 0.958. The third kappa shape index (κ3) is 3.20. The number of rotatable bonds is 3. The largest absolute Gasteiger partial charge is 0.441 e. The van der Waals surface area contributed by atoms with E-state index in [2.05, 4.69) is 16.9 Å². The number of aryl methyl sites for hydroxylation is 1. The van der Waals surface area contributed by atoms with Gasteiger partial charge in [-0.05, 0) is 19.3 Å². The Morgan fingerprint density at radius 2 is 2.21 bits per heavy atom. The Morgan fingerprint density at radius 1 is 1.38 bits per heavy atom. The summed E-state index contributed by atoms with van der Waals surface area (Å²) in [5.74, 6) is -0.0196. The van der Waals surface area contributed by atoms with Gasteiger partial charge in [0.2, 0.25) is 0 Å². The first kappa shape index (κ1) is 16.7. The SMILES string of the molecule is CCCc1ncncc1C(=O)N1CCC[C@]2(CC1)CN(C)C(=O)O2. The van der Waals surface area contributed by atoms with E-state index >= 15 is 0 Å². The van der Waals surface area contributed by atoms with Gasteiger partial charge in [0.1, 0.15) is 11.9 Å². The van der Waals surface area contributed by atoms with Gasteiger partial charge in [-0.25, -0.2) is 14.8 Å². The van der Waals surface area contributed by atoms with Gasteiger partial charge in [-0.3, -0.25) is 4.79 Å². The van der Waals surface area contributed by atoms with Gasteiger partial charge in [-0.2, -0.15) is 0 Å². The van der Waals surface area contributed by atoms with Crippen LogP contribution < -0.4 is 0 Å². The zero-order chi connectivity index (χ0) is 17.2. The van der Waals surface area contributed by atoms with Crippen molar-refractivity contribution in [2.75, 3.05) is 26.7 Å².